The largest absolute Gasteiger partial charge is 0.383 e. The molecule has 0 saturated carbocycles. The lowest BCUT2D eigenvalue weighted by Gasteiger charge is -2.24. The van der Waals surface area contributed by atoms with E-state index in [1.54, 1.807) is 12.0 Å². The monoisotopic (exact) mass is 298 g/mol. The molecule has 0 aromatic heterocycles. The van der Waals surface area contributed by atoms with Crippen molar-refractivity contribution in [2.45, 2.75) is 26.1 Å². The van der Waals surface area contributed by atoms with Crippen molar-refractivity contribution in [3.63, 3.8) is 0 Å². The molecule has 21 heavy (non-hydrogen) atoms. The Morgan fingerprint density at radius 3 is 2.62 bits per heavy atom. The van der Waals surface area contributed by atoms with Gasteiger partial charge in [0, 0.05) is 13.7 Å². The summed E-state index contributed by atoms with van der Waals surface area (Å²) in [6.45, 7) is 4.67. The minimum Gasteiger partial charge on any atom is -0.383 e. The van der Waals surface area contributed by atoms with Crippen molar-refractivity contribution in [1.29, 1.82) is 0 Å². The fourth-order valence-electron chi connectivity index (χ4n) is 2.50. The van der Waals surface area contributed by atoms with Gasteiger partial charge in [-0.05, 0) is 23.6 Å². The molecule has 1 amide bonds. The van der Waals surface area contributed by atoms with E-state index in [1.807, 2.05) is 13.8 Å². The van der Waals surface area contributed by atoms with Gasteiger partial charge < -0.3 is 9.64 Å². The molecule has 0 radical (unpaired) electrons. The molecule has 0 spiro atoms. The number of ether oxygens (including phenoxy) is 1. The van der Waals surface area contributed by atoms with Crippen LogP contribution in [0.1, 0.15) is 25.6 Å². The predicted octanol–water partition coefficient (Wildman–Crippen LogP) is 2.07. The molecule has 2 rings (SSSR count). The summed E-state index contributed by atoms with van der Waals surface area (Å²) >= 11 is 0. The van der Waals surface area contributed by atoms with E-state index < -0.39 is 17.8 Å². The summed E-state index contributed by atoms with van der Waals surface area (Å²) in [5, 5.41) is 3.19. The van der Waals surface area contributed by atoms with Gasteiger partial charge in [-0.2, -0.15) is 0 Å². The van der Waals surface area contributed by atoms with E-state index in [0.29, 0.717) is 18.7 Å². The number of carbonyl (C=O) groups excluding carboxylic acids is 1. The number of carbonyl (C=O) groups is 1. The van der Waals surface area contributed by atoms with E-state index in [9.17, 15) is 13.6 Å². The number of benzene rings is 1. The smallest absolute Gasteiger partial charge is 0.241 e. The van der Waals surface area contributed by atoms with Gasteiger partial charge in [-0.15, -0.1) is 0 Å². The highest BCUT2D eigenvalue weighted by Gasteiger charge is 2.40. The quantitative estimate of drug-likeness (QED) is 0.905. The summed E-state index contributed by atoms with van der Waals surface area (Å²) in [6.07, 6.45) is -0.463. The van der Waals surface area contributed by atoms with Crippen LogP contribution in [0.4, 0.5) is 8.78 Å². The normalized spacial score (nSPS) is 22.4. The van der Waals surface area contributed by atoms with Gasteiger partial charge in [0.2, 0.25) is 5.91 Å². The molecule has 1 aromatic carbocycles. The fourth-order valence-corrected chi connectivity index (χ4v) is 2.50. The SMILES string of the molecule is COCCN1C(=O)C(C(C)C)NC1c1ccc(F)c(F)c1. The number of amides is 1. The summed E-state index contributed by atoms with van der Waals surface area (Å²) in [5.74, 6) is -1.75. The summed E-state index contributed by atoms with van der Waals surface area (Å²) in [7, 11) is 1.56. The molecule has 1 aliphatic rings. The average molecular weight is 298 g/mol. The van der Waals surface area contributed by atoms with Crippen LogP contribution in [0.15, 0.2) is 18.2 Å². The fraction of sp³-hybridized carbons (Fsp3) is 0.533. The van der Waals surface area contributed by atoms with Crippen LogP contribution < -0.4 is 5.32 Å². The van der Waals surface area contributed by atoms with E-state index in [1.165, 1.54) is 6.07 Å². The van der Waals surface area contributed by atoms with E-state index in [-0.39, 0.29) is 17.9 Å². The molecule has 6 heteroatoms. The Kier molecular flexibility index (Phi) is 4.90. The number of nitrogens with one attached hydrogen (secondary N) is 1. The van der Waals surface area contributed by atoms with Crippen molar-refractivity contribution in [3.8, 4) is 0 Å². The third-order valence-electron chi connectivity index (χ3n) is 3.66. The van der Waals surface area contributed by atoms with E-state index in [4.69, 9.17) is 4.74 Å². The number of halogens is 2. The number of hydrogen-bond acceptors (Lipinski definition) is 3. The zero-order valence-electron chi connectivity index (χ0n) is 12.4. The van der Waals surface area contributed by atoms with Gasteiger partial charge in [-0.3, -0.25) is 10.1 Å². The maximum Gasteiger partial charge on any atom is 0.241 e. The summed E-state index contributed by atoms with van der Waals surface area (Å²) in [5.41, 5.74) is 0.529. The van der Waals surface area contributed by atoms with Crippen LogP contribution in [-0.2, 0) is 9.53 Å². The second-order valence-electron chi connectivity index (χ2n) is 5.49. The number of nitrogens with zero attached hydrogens (tertiary/aromatic N) is 1. The first-order chi connectivity index (χ1) is 9.95. The highest BCUT2D eigenvalue weighted by molar-refractivity contribution is 5.84. The topological polar surface area (TPSA) is 41.6 Å². The van der Waals surface area contributed by atoms with Crippen molar-refractivity contribution in [2.24, 2.45) is 5.92 Å². The Labute approximate surface area is 123 Å². The van der Waals surface area contributed by atoms with Gasteiger partial charge >= 0.3 is 0 Å². The molecule has 1 heterocycles. The first-order valence-corrected chi connectivity index (χ1v) is 6.96. The molecular formula is C15H20F2N2O2. The lowest BCUT2D eigenvalue weighted by molar-refractivity contribution is -0.131. The van der Waals surface area contributed by atoms with Gasteiger partial charge in [0.1, 0.15) is 6.17 Å². The van der Waals surface area contributed by atoms with Crippen molar-refractivity contribution in [1.82, 2.24) is 10.2 Å². The number of methoxy groups -OCH3 is 1. The maximum absolute atomic E-state index is 13.4. The van der Waals surface area contributed by atoms with Crippen LogP contribution in [0.3, 0.4) is 0 Å². The minimum atomic E-state index is -0.915. The Balaban J connectivity index is 2.29. The summed E-state index contributed by atoms with van der Waals surface area (Å²) in [4.78, 5) is 14.0. The van der Waals surface area contributed by atoms with Crippen molar-refractivity contribution in [3.05, 3.63) is 35.4 Å². The third kappa shape index (κ3) is 3.22. The standard InChI is InChI=1S/C15H20F2N2O2/c1-9(2)13-15(20)19(6-7-21-3)14(18-13)10-4-5-11(16)12(17)8-10/h4-5,8-9,13-14,18H,6-7H2,1-3H3. The first-order valence-electron chi connectivity index (χ1n) is 6.96. The molecule has 0 bridgehead atoms. The van der Waals surface area contributed by atoms with Gasteiger partial charge in [0.25, 0.3) is 0 Å². The molecule has 1 N–H and O–H groups in total. The molecule has 4 nitrogen and oxygen atoms in total. The Morgan fingerprint density at radius 2 is 2.05 bits per heavy atom. The Hall–Kier alpha value is -1.53. The van der Waals surface area contributed by atoms with Crippen molar-refractivity contribution in [2.75, 3.05) is 20.3 Å². The van der Waals surface area contributed by atoms with Gasteiger partial charge in [-0.1, -0.05) is 19.9 Å². The van der Waals surface area contributed by atoms with Crippen LogP contribution in [-0.4, -0.2) is 37.1 Å². The molecule has 2 unspecified atom stereocenters. The summed E-state index contributed by atoms with van der Waals surface area (Å²) < 4.78 is 31.5. The molecule has 1 aliphatic heterocycles. The minimum absolute atomic E-state index is 0.0446. The lowest BCUT2D eigenvalue weighted by Crippen LogP contribution is -2.35. The number of hydrogen-bond donors (Lipinski definition) is 1. The molecule has 1 fully saturated rings. The Bertz CT molecular complexity index is 522. The zero-order valence-corrected chi connectivity index (χ0v) is 12.4. The lowest BCUT2D eigenvalue weighted by atomic mass is 10.1. The molecule has 1 aromatic rings. The van der Waals surface area contributed by atoms with E-state index >= 15 is 0 Å². The number of rotatable bonds is 5. The molecule has 0 aliphatic carbocycles. The molecule has 2 atom stereocenters. The molecule has 116 valence electrons. The van der Waals surface area contributed by atoms with Crippen LogP contribution in [0, 0.1) is 17.6 Å². The highest BCUT2D eigenvalue weighted by atomic mass is 19.2. The second kappa shape index (κ2) is 6.49. The van der Waals surface area contributed by atoms with Crippen LogP contribution in [0.2, 0.25) is 0 Å². The van der Waals surface area contributed by atoms with Crippen LogP contribution >= 0.6 is 0 Å². The molecule has 1 saturated heterocycles. The second-order valence-corrected chi connectivity index (χ2v) is 5.49. The third-order valence-corrected chi connectivity index (χ3v) is 3.66. The van der Waals surface area contributed by atoms with Crippen molar-refractivity contribution >= 4 is 5.91 Å². The first kappa shape index (κ1) is 15.9. The maximum atomic E-state index is 13.4. The van der Waals surface area contributed by atoms with E-state index in [0.717, 1.165) is 12.1 Å². The average Bonchev–Trinajstić information content (AvgIpc) is 2.77. The zero-order chi connectivity index (χ0) is 15.6. The van der Waals surface area contributed by atoms with Gasteiger partial charge in [0.15, 0.2) is 11.6 Å². The predicted molar refractivity (Wildman–Crippen MR) is 74.4 cm³/mol. The van der Waals surface area contributed by atoms with Crippen LogP contribution in [0.5, 0.6) is 0 Å². The highest BCUT2D eigenvalue weighted by Crippen LogP contribution is 2.28. The van der Waals surface area contributed by atoms with Crippen molar-refractivity contribution < 1.29 is 18.3 Å². The summed E-state index contributed by atoms with van der Waals surface area (Å²) in [6, 6.07) is 3.36. The van der Waals surface area contributed by atoms with Crippen LogP contribution in [0.25, 0.3) is 0 Å². The van der Waals surface area contributed by atoms with Gasteiger partial charge in [-0.25, -0.2) is 8.78 Å². The molecular weight excluding hydrogens is 278 g/mol. The van der Waals surface area contributed by atoms with Gasteiger partial charge in [0.05, 0.1) is 12.6 Å². The Morgan fingerprint density at radius 1 is 1.33 bits per heavy atom. The van der Waals surface area contributed by atoms with E-state index in [2.05, 4.69) is 5.32 Å².